The first-order chi connectivity index (χ1) is 10.7. The fourth-order valence-electron chi connectivity index (χ4n) is 2.91. The van der Waals surface area contributed by atoms with E-state index in [9.17, 15) is 9.59 Å². The number of carbonyl (C=O) groups excluding carboxylic acids is 2. The van der Waals surface area contributed by atoms with E-state index in [4.69, 9.17) is 9.47 Å². The number of carbonyl (C=O) groups is 2. The number of hydrogen-bond donors (Lipinski definition) is 1. The Balaban J connectivity index is 1.84. The smallest absolute Gasteiger partial charge is 0.341 e. The zero-order valence-electron chi connectivity index (χ0n) is 12.6. The molecule has 0 aromatic carbocycles. The number of fused-ring (bicyclic) bond motifs is 1. The SMILES string of the molecule is COC(=O)c1c(NC(=O)N2CCOCC2)sc2c1CCCC2. The van der Waals surface area contributed by atoms with E-state index in [-0.39, 0.29) is 12.0 Å². The number of methoxy groups -OCH3 is 1. The molecule has 2 heterocycles. The molecule has 1 fully saturated rings. The molecule has 0 atom stereocenters. The van der Waals surface area contributed by atoms with Crippen molar-refractivity contribution < 1.29 is 19.1 Å². The van der Waals surface area contributed by atoms with Crippen molar-refractivity contribution in [3.63, 3.8) is 0 Å². The van der Waals surface area contributed by atoms with E-state index in [0.717, 1.165) is 31.2 Å². The number of nitrogens with one attached hydrogen (secondary N) is 1. The van der Waals surface area contributed by atoms with E-state index in [1.807, 2.05) is 0 Å². The molecule has 0 bridgehead atoms. The molecule has 2 amide bonds. The number of rotatable bonds is 2. The number of nitrogens with zero attached hydrogens (tertiary/aromatic N) is 1. The number of anilines is 1. The third-order valence-electron chi connectivity index (χ3n) is 4.08. The topological polar surface area (TPSA) is 67.9 Å². The van der Waals surface area contributed by atoms with Crippen LogP contribution < -0.4 is 5.32 Å². The minimum Gasteiger partial charge on any atom is -0.465 e. The second-order valence-electron chi connectivity index (χ2n) is 5.44. The van der Waals surface area contributed by atoms with Gasteiger partial charge in [-0.15, -0.1) is 11.3 Å². The molecule has 0 saturated carbocycles. The summed E-state index contributed by atoms with van der Waals surface area (Å²) in [5.41, 5.74) is 1.60. The van der Waals surface area contributed by atoms with Crippen LogP contribution in [0.15, 0.2) is 0 Å². The molecule has 1 aliphatic heterocycles. The average Bonchev–Trinajstić information content (AvgIpc) is 2.92. The van der Waals surface area contributed by atoms with Gasteiger partial charge >= 0.3 is 12.0 Å². The van der Waals surface area contributed by atoms with Crippen molar-refractivity contribution >= 4 is 28.3 Å². The largest absolute Gasteiger partial charge is 0.465 e. The Hall–Kier alpha value is -1.60. The van der Waals surface area contributed by atoms with Crippen molar-refractivity contribution in [2.45, 2.75) is 25.7 Å². The number of amides is 2. The maximum absolute atomic E-state index is 12.4. The zero-order chi connectivity index (χ0) is 15.5. The van der Waals surface area contributed by atoms with Crippen molar-refractivity contribution in [1.29, 1.82) is 0 Å². The number of hydrogen-bond acceptors (Lipinski definition) is 5. The van der Waals surface area contributed by atoms with Crippen LogP contribution in [0.1, 0.15) is 33.6 Å². The number of ether oxygens (including phenoxy) is 2. The predicted octanol–water partition coefficient (Wildman–Crippen LogP) is 2.28. The van der Waals surface area contributed by atoms with Gasteiger partial charge in [0.1, 0.15) is 5.00 Å². The molecule has 0 radical (unpaired) electrons. The van der Waals surface area contributed by atoms with E-state index >= 15 is 0 Å². The van der Waals surface area contributed by atoms with Crippen LogP contribution in [-0.2, 0) is 22.3 Å². The molecule has 1 aromatic heterocycles. The van der Waals surface area contributed by atoms with Gasteiger partial charge in [0.15, 0.2) is 0 Å². The van der Waals surface area contributed by atoms with Crippen LogP contribution in [0.25, 0.3) is 0 Å². The predicted molar refractivity (Wildman–Crippen MR) is 83.7 cm³/mol. The van der Waals surface area contributed by atoms with Gasteiger partial charge in [-0.1, -0.05) is 0 Å². The zero-order valence-corrected chi connectivity index (χ0v) is 13.5. The quantitative estimate of drug-likeness (QED) is 0.848. The molecule has 22 heavy (non-hydrogen) atoms. The summed E-state index contributed by atoms with van der Waals surface area (Å²) >= 11 is 1.51. The Kier molecular flexibility index (Phi) is 4.63. The van der Waals surface area contributed by atoms with Gasteiger partial charge in [0.2, 0.25) is 0 Å². The molecule has 1 aliphatic carbocycles. The lowest BCUT2D eigenvalue weighted by molar-refractivity contribution is 0.0564. The molecular weight excluding hydrogens is 304 g/mol. The molecular formula is C15H20N2O4S. The summed E-state index contributed by atoms with van der Waals surface area (Å²) < 4.78 is 10.2. The molecule has 1 aromatic rings. The van der Waals surface area contributed by atoms with Gasteiger partial charge in [0, 0.05) is 18.0 Å². The van der Waals surface area contributed by atoms with Gasteiger partial charge < -0.3 is 14.4 Å². The first-order valence-electron chi connectivity index (χ1n) is 7.57. The summed E-state index contributed by atoms with van der Waals surface area (Å²) in [7, 11) is 1.38. The highest BCUT2D eigenvalue weighted by atomic mass is 32.1. The van der Waals surface area contributed by atoms with Gasteiger partial charge in [-0.3, -0.25) is 5.32 Å². The van der Waals surface area contributed by atoms with E-state index in [0.29, 0.717) is 36.9 Å². The highest BCUT2D eigenvalue weighted by molar-refractivity contribution is 7.17. The summed E-state index contributed by atoms with van der Waals surface area (Å²) in [4.78, 5) is 27.4. The van der Waals surface area contributed by atoms with Crippen molar-refractivity contribution in [3.05, 3.63) is 16.0 Å². The number of urea groups is 1. The molecule has 6 nitrogen and oxygen atoms in total. The normalized spacial score (nSPS) is 17.8. The third kappa shape index (κ3) is 2.96. The molecule has 0 unspecified atom stereocenters. The van der Waals surface area contributed by atoms with Crippen LogP contribution >= 0.6 is 11.3 Å². The lowest BCUT2D eigenvalue weighted by atomic mass is 9.95. The molecule has 0 spiro atoms. The lowest BCUT2D eigenvalue weighted by Crippen LogP contribution is -2.43. The summed E-state index contributed by atoms with van der Waals surface area (Å²) in [6.45, 7) is 2.26. The molecule has 1 saturated heterocycles. The van der Waals surface area contributed by atoms with Gasteiger partial charge in [-0.25, -0.2) is 9.59 Å². The summed E-state index contributed by atoms with van der Waals surface area (Å²) in [5, 5.41) is 3.52. The summed E-state index contributed by atoms with van der Waals surface area (Å²) in [6.07, 6.45) is 4.05. The van der Waals surface area contributed by atoms with Crippen LogP contribution in [0.4, 0.5) is 9.80 Å². The van der Waals surface area contributed by atoms with Crippen molar-refractivity contribution in [3.8, 4) is 0 Å². The standard InChI is InChI=1S/C15H20N2O4S/c1-20-14(18)12-10-4-2-3-5-11(10)22-13(12)16-15(19)17-6-8-21-9-7-17/h2-9H2,1H3,(H,16,19). The lowest BCUT2D eigenvalue weighted by Gasteiger charge is -2.26. The van der Waals surface area contributed by atoms with Crippen LogP contribution in [0.2, 0.25) is 0 Å². The fraction of sp³-hybridized carbons (Fsp3) is 0.600. The maximum Gasteiger partial charge on any atom is 0.341 e. The van der Waals surface area contributed by atoms with E-state index in [2.05, 4.69) is 5.32 Å². The van der Waals surface area contributed by atoms with Crippen LogP contribution in [0.3, 0.4) is 0 Å². The summed E-state index contributed by atoms with van der Waals surface area (Å²) in [5.74, 6) is -0.364. The van der Waals surface area contributed by atoms with Gasteiger partial charge in [-0.05, 0) is 31.2 Å². The van der Waals surface area contributed by atoms with Gasteiger partial charge in [0.25, 0.3) is 0 Å². The van der Waals surface area contributed by atoms with E-state index in [1.54, 1.807) is 4.90 Å². The maximum atomic E-state index is 12.4. The number of thiophene rings is 1. The van der Waals surface area contributed by atoms with Crippen LogP contribution in [-0.4, -0.2) is 50.3 Å². The Labute approximate surface area is 133 Å². The Morgan fingerprint density at radius 3 is 2.68 bits per heavy atom. The van der Waals surface area contributed by atoms with Gasteiger partial charge in [-0.2, -0.15) is 0 Å². The van der Waals surface area contributed by atoms with Crippen LogP contribution in [0, 0.1) is 0 Å². The Morgan fingerprint density at radius 2 is 1.95 bits per heavy atom. The highest BCUT2D eigenvalue weighted by Crippen LogP contribution is 2.38. The monoisotopic (exact) mass is 324 g/mol. The van der Waals surface area contributed by atoms with Crippen molar-refractivity contribution in [1.82, 2.24) is 4.90 Å². The minimum absolute atomic E-state index is 0.174. The second-order valence-corrected chi connectivity index (χ2v) is 6.54. The van der Waals surface area contributed by atoms with E-state index in [1.165, 1.54) is 23.3 Å². The molecule has 1 N–H and O–H groups in total. The van der Waals surface area contributed by atoms with Crippen molar-refractivity contribution in [2.75, 3.05) is 38.7 Å². The minimum atomic E-state index is -0.364. The first kappa shape index (κ1) is 15.3. The van der Waals surface area contributed by atoms with Crippen LogP contribution in [0.5, 0.6) is 0 Å². The van der Waals surface area contributed by atoms with Crippen molar-refractivity contribution in [2.24, 2.45) is 0 Å². The molecule has 3 rings (SSSR count). The fourth-order valence-corrected chi connectivity index (χ4v) is 4.18. The highest BCUT2D eigenvalue weighted by Gasteiger charge is 2.28. The number of morpholine rings is 1. The third-order valence-corrected chi connectivity index (χ3v) is 5.29. The number of aryl methyl sites for hydroxylation is 1. The average molecular weight is 324 g/mol. The second kappa shape index (κ2) is 6.66. The summed E-state index contributed by atoms with van der Waals surface area (Å²) in [6, 6.07) is -0.174. The number of esters is 1. The molecule has 7 heteroatoms. The molecule has 2 aliphatic rings. The Bertz CT molecular complexity index is 578. The first-order valence-corrected chi connectivity index (χ1v) is 8.39. The molecule has 120 valence electrons. The van der Waals surface area contributed by atoms with E-state index < -0.39 is 0 Å². The Morgan fingerprint density at radius 1 is 1.23 bits per heavy atom. The van der Waals surface area contributed by atoms with Gasteiger partial charge in [0.05, 0.1) is 25.9 Å².